The highest BCUT2D eigenvalue weighted by Gasteiger charge is 2.11. The Kier molecular flexibility index (Phi) is 5.72. The van der Waals surface area contributed by atoms with Crippen LogP contribution in [-0.4, -0.2) is 17.1 Å². The Morgan fingerprint density at radius 2 is 1.68 bits per heavy atom. The molecule has 0 aliphatic heterocycles. The fourth-order valence-corrected chi connectivity index (χ4v) is 2.14. The van der Waals surface area contributed by atoms with Crippen molar-refractivity contribution in [2.24, 2.45) is 0 Å². The van der Waals surface area contributed by atoms with Crippen LogP contribution in [0.15, 0.2) is 54.6 Å². The van der Waals surface area contributed by atoms with Crippen LogP contribution in [0.3, 0.4) is 0 Å². The Bertz CT molecular complexity index is 641. The predicted octanol–water partition coefficient (Wildman–Crippen LogP) is 3.51. The molecule has 4 nitrogen and oxygen atoms in total. The maximum Gasteiger partial charge on any atom is 0.251 e. The molecule has 2 rings (SSSR count). The lowest BCUT2D eigenvalue weighted by Gasteiger charge is -2.14. The third-order valence-electron chi connectivity index (χ3n) is 3.20. The van der Waals surface area contributed by atoms with Gasteiger partial charge in [-0.2, -0.15) is 0 Å². The Morgan fingerprint density at radius 3 is 2.27 bits per heavy atom. The van der Waals surface area contributed by atoms with E-state index in [1.54, 1.807) is 24.3 Å². The first-order valence-corrected chi connectivity index (χ1v) is 8.04. The quantitative estimate of drug-likeness (QED) is 0.801. The van der Waals surface area contributed by atoms with Crippen LogP contribution >= 0.6 is 15.9 Å². The molecule has 1 unspecified atom stereocenters. The van der Waals surface area contributed by atoms with Gasteiger partial charge < -0.3 is 10.6 Å². The zero-order chi connectivity index (χ0) is 15.9. The number of benzene rings is 2. The molecule has 0 heterocycles. The summed E-state index contributed by atoms with van der Waals surface area (Å²) in [6.07, 6.45) is 0. The number of nitrogens with one attached hydrogen (secondary N) is 2. The smallest absolute Gasteiger partial charge is 0.251 e. The van der Waals surface area contributed by atoms with E-state index < -0.39 is 0 Å². The second kappa shape index (κ2) is 7.75. The van der Waals surface area contributed by atoms with Gasteiger partial charge in [0, 0.05) is 11.3 Å². The number of amides is 2. The van der Waals surface area contributed by atoms with Crippen molar-refractivity contribution in [3.05, 3.63) is 65.7 Å². The number of hydrogen-bond donors (Lipinski definition) is 2. The van der Waals surface area contributed by atoms with Crippen LogP contribution in [0.4, 0.5) is 5.69 Å². The predicted molar refractivity (Wildman–Crippen MR) is 91.2 cm³/mol. The summed E-state index contributed by atoms with van der Waals surface area (Å²) in [4.78, 5) is 23.5. The first-order chi connectivity index (χ1) is 10.6. The fourth-order valence-electron chi connectivity index (χ4n) is 2.00. The van der Waals surface area contributed by atoms with Crippen molar-refractivity contribution in [3.63, 3.8) is 0 Å². The van der Waals surface area contributed by atoms with E-state index >= 15 is 0 Å². The van der Waals surface area contributed by atoms with E-state index in [4.69, 9.17) is 0 Å². The number of alkyl halides is 1. The Labute approximate surface area is 138 Å². The van der Waals surface area contributed by atoms with E-state index in [-0.39, 0.29) is 23.2 Å². The molecule has 0 aliphatic rings. The van der Waals surface area contributed by atoms with Gasteiger partial charge in [-0.05, 0) is 36.8 Å². The first-order valence-electron chi connectivity index (χ1n) is 6.92. The van der Waals surface area contributed by atoms with Crippen LogP contribution in [0.25, 0.3) is 0 Å². The Morgan fingerprint density at radius 1 is 1.05 bits per heavy atom. The third kappa shape index (κ3) is 4.43. The Balaban J connectivity index is 1.99. The lowest BCUT2D eigenvalue weighted by molar-refractivity contribution is -0.113. The van der Waals surface area contributed by atoms with E-state index in [2.05, 4.69) is 26.6 Å². The van der Waals surface area contributed by atoms with Crippen LogP contribution < -0.4 is 10.6 Å². The molecule has 0 fully saturated rings. The molecule has 1 atom stereocenters. The summed E-state index contributed by atoms with van der Waals surface area (Å²) in [5, 5.41) is 5.90. The van der Waals surface area contributed by atoms with Gasteiger partial charge in [-0.15, -0.1) is 0 Å². The van der Waals surface area contributed by atoms with Crippen molar-refractivity contribution in [1.29, 1.82) is 0 Å². The minimum absolute atomic E-state index is 0.0681. The number of rotatable bonds is 5. The molecule has 2 aromatic carbocycles. The molecule has 2 aromatic rings. The molecule has 114 valence electrons. The van der Waals surface area contributed by atoms with Crippen molar-refractivity contribution in [1.82, 2.24) is 5.32 Å². The van der Waals surface area contributed by atoms with Gasteiger partial charge in [-0.3, -0.25) is 9.59 Å². The van der Waals surface area contributed by atoms with Crippen LogP contribution in [0, 0.1) is 0 Å². The van der Waals surface area contributed by atoms with Gasteiger partial charge in [0.2, 0.25) is 5.91 Å². The van der Waals surface area contributed by atoms with Gasteiger partial charge in [0.15, 0.2) is 0 Å². The van der Waals surface area contributed by atoms with Gasteiger partial charge in [0.05, 0.1) is 11.4 Å². The second-order valence-electron chi connectivity index (χ2n) is 4.86. The van der Waals surface area contributed by atoms with Gasteiger partial charge in [-0.1, -0.05) is 46.3 Å². The van der Waals surface area contributed by atoms with E-state index in [1.165, 1.54) is 0 Å². The zero-order valence-electron chi connectivity index (χ0n) is 12.2. The molecule has 5 heteroatoms. The van der Waals surface area contributed by atoms with Crippen LogP contribution in [0.5, 0.6) is 0 Å². The molecule has 0 saturated heterocycles. The maximum absolute atomic E-state index is 12.2. The van der Waals surface area contributed by atoms with E-state index in [0.717, 1.165) is 5.56 Å². The number of hydrogen-bond acceptors (Lipinski definition) is 2. The molecule has 0 radical (unpaired) electrons. The minimum atomic E-state index is -0.144. The monoisotopic (exact) mass is 360 g/mol. The van der Waals surface area contributed by atoms with Crippen molar-refractivity contribution in [2.45, 2.75) is 13.0 Å². The molecule has 0 aromatic heterocycles. The molecular weight excluding hydrogens is 344 g/mol. The summed E-state index contributed by atoms with van der Waals surface area (Å²) in [5.74, 6) is -0.273. The number of halogens is 1. The van der Waals surface area contributed by atoms with E-state index in [9.17, 15) is 9.59 Å². The number of carbonyl (C=O) groups is 2. The molecule has 0 spiro atoms. The second-order valence-corrected chi connectivity index (χ2v) is 5.43. The van der Waals surface area contributed by atoms with Gasteiger partial charge in [-0.25, -0.2) is 0 Å². The SMILES string of the molecule is CC(NC(=O)c1ccc(NC(=O)CBr)cc1)c1ccccc1. The first kappa shape index (κ1) is 16.2. The number of anilines is 1. The normalized spacial score (nSPS) is 11.5. The summed E-state index contributed by atoms with van der Waals surface area (Å²) in [6.45, 7) is 1.94. The molecule has 0 aliphatic carbocycles. The molecule has 0 saturated carbocycles. The third-order valence-corrected chi connectivity index (χ3v) is 3.71. The highest BCUT2D eigenvalue weighted by molar-refractivity contribution is 9.09. The van der Waals surface area contributed by atoms with E-state index in [1.807, 2.05) is 37.3 Å². The minimum Gasteiger partial charge on any atom is -0.346 e. The molecule has 2 amide bonds. The largest absolute Gasteiger partial charge is 0.346 e. The molecule has 2 N–H and O–H groups in total. The average molecular weight is 361 g/mol. The van der Waals surface area contributed by atoms with Gasteiger partial charge in [0.1, 0.15) is 0 Å². The van der Waals surface area contributed by atoms with Crippen molar-refractivity contribution >= 4 is 33.4 Å². The lowest BCUT2D eigenvalue weighted by Crippen LogP contribution is -2.26. The summed E-state index contributed by atoms with van der Waals surface area (Å²) in [5.41, 5.74) is 2.27. The molecule has 22 heavy (non-hydrogen) atoms. The average Bonchev–Trinajstić information content (AvgIpc) is 2.56. The summed E-state index contributed by atoms with van der Waals surface area (Å²) >= 11 is 3.08. The van der Waals surface area contributed by atoms with Gasteiger partial charge >= 0.3 is 0 Å². The Hall–Kier alpha value is -2.14. The topological polar surface area (TPSA) is 58.2 Å². The van der Waals surface area contributed by atoms with Crippen LogP contribution in [0.1, 0.15) is 28.9 Å². The van der Waals surface area contributed by atoms with Gasteiger partial charge in [0.25, 0.3) is 5.91 Å². The number of carbonyl (C=O) groups excluding carboxylic acids is 2. The summed E-state index contributed by atoms with van der Waals surface area (Å²) < 4.78 is 0. The van der Waals surface area contributed by atoms with Crippen LogP contribution in [-0.2, 0) is 4.79 Å². The van der Waals surface area contributed by atoms with E-state index in [0.29, 0.717) is 11.3 Å². The zero-order valence-corrected chi connectivity index (χ0v) is 13.8. The van der Waals surface area contributed by atoms with Crippen molar-refractivity contribution < 1.29 is 9.59 Å². The molecular formula is C17H17BrN2O2. The fraction of sp³-hybridized carbons (Fsp3) is 0.176. The lowest BCUT2D eigenvalue weighted by atomic mass is 10.1. The molecule has 0 bridgehead atoms. The van der Waals surface area contributed by atoms with Crippen molar-refractivity contribution in [2.75, 3.05) is 10.6 Å². The highest BCUT2D eigenvalue weighted by atomic mass is 79.9. The van der Waals surface area contributed by atoms with Crippen LogP contribution in [0.2, 0.25) is 0 Å². The summed E-state index contributed by atoms with van der Waals surface area (Å²) in [7, 11) is 0. The van der Waals surface area contributed by atoms with Crippen molar-refractivity contribution in [3.8, 4) is 0 Å². The maximum atomic E-state index is 12.2. The highest BCUT2D eigenvalue weighted by Crippen LogP contribution is 2.14. The summed E-state index contributed by atoms with van der Waals surface area (Å²) in [6, 6.07) is 16.5. The standard InChI is InChI=1S/C17H17BrN2O2/c1-12(13-5-3-2-4-6-13)19-17(22)14-7-9-15(10-8-14)20-16(21)11-18/h2-10,12H,11H2,1H3,(H,19,22)(H,20,21).